The molecule has 4 heteroatoms. The summed E-state index contributed by atoms with van der Waals surface area (Å²) in [5.74, 6) is 1.66. The molecule has 0 aliphatic carbocycles. The standard InChI is InChI=1S/C16H15NO2S/c1-2-4-16-11(3-1)7-13(20-16)9-17-12-5-6-14-15(8-12)19-10-18-14/h1-6,8,13,17H,7,9-10H2. The fraction of sp³-hybridized carbons (Fsp3) is 0.250. The van der Waals surface area contributed by atoms with Crippen LogP contribution >= 0.6 is 11.8 Å². The van der Waals surface area contributed by atoms with E-state index in [4.69, 9.17) is 9.47 Å². The van der Waals surface area contributed by atoms with Crippen molar-refractivity contribution in [2.45, 2.75) is 16.6 Å². The van der Waals surface area contributed by atoms with Gasteiger partial charge in [-0.1, -0.05) is 18.2 Å². The fourth-order valence-corrected chi connectivity index (χ4v) is 3.85. The summed E-state index contributed by atoms with van der Waals surface area (Å²) in [5.41, 5.74) is 2.56. The van der Waals surface area contributed by atoms with E-state index in [1.165, 1.54) is 10.5 Å². The molecule has 0 saturated heterocycles. The van der Waals surface area contributed by atoms with E-state index in [9.17, 15) is 0 Å². The minimum Gasteiger partial charge on any atom is -0.454 e. The van der Waals surface area contributed by atoms with Crippen LogP contribution in [0.1, 0.15) is 5.56 Å². The largest absolute Gasteiger partial charge is 0.454 e. The molecule has 2 aromatic rings. The zero-order valence-corrected chi connectivity index (χ0v) is 11.8. The Balaban J connectivity index is 1.40. The average molecular weight is 285 g/mol. The predicted octanol–water partition coefficient (Wildman–Crippen LogP) is 3.54. The van der Waals surface area contributed by atoms with Gasteiger partial charge in [0.2, 0.25) is 6.79 Å². The number of ether oxygens (including phenoxy) is 2. The lowest BCUT2D eigenvalue weighted by Gasteiger charge is -2.11. The second kappa shape index (κ2) is 4.94. The molecule has 0 saturated carbocycles. The van der Waals surface area contributed by atoms with E-state index in [1.54, 1.807) is 0 Å². The van der Waals surface area contributed by atoms with Gasteiger partial charge in [0.05, 0.1) is 0 Å². The Hall–Kier alpha value is -1.81. The van der Waals surface area contributed by atoms with E-state index < -0.39 is 0 Å². The molecule has 0 bridgehead atoms. The second-order valence-electron chi connectivity index (χ2n) is 5.00. The Labute approximate surface area is 122 Å². The summed E-state index contributed by atoms with van der Waals surface area (Å²) >= 11 is 1.96. The van der Waals surface area contributed by atoms with Crippen LogP contribution in [-0.2, 0) is 6.42 Å². The second-order valence-corrected chi connectivity index (χ2v) is 6.34. The van der Waals surface area contributed by atoms with Crippen LogP contribution in [0.2, 0.25) is 0 Å². The van der Waals surface area contributed by atoms with Gasteiger partial charge in [0.25, 0.3) is 0 Å². The molecule has 2 aromatic carbocycles. The minimum absolute atomic E-state index is 0.326. The molecule has 20 heavy (non-hydrogen) atoms. The highest BCUT2D eigenvalue weighted by molar-refractivity contribution is 8.00. The number of hydrogen-bond donors (Lipinski definition) is 1. The van der Waals surface area contributed by atoms with Gasteiger partial charge in [-0.3, -0.25) is 0 Å². The van der Waals surface area contributed by atoms with Crippen molar-refractivity contribution in [3.8, 4) is 11.5 Å². The first-order valence-electron chi connectivity index (χ1n) is 6.76. The summed E-state index contributed by atoms with van der Waals surface area (Å²) in [4.78, 5) is 1.42. The molecule has 4 rings (SSSR count). The van der Waals surface area contributed by atoms with Crippen LogP contribution in [0.4, 0.5) is 5.69 Å². The Morgan fingerprint density at radius 1 is 1.10 bits per heavy atom. The Kier molecular flexibility index (Phi) is 2.96. The quantitative estimate of drug-likeness (QED) is 0.934. The molecular formula is C16H15NO2S. The van der Waals surface area contributed by atoms with Crippen molar-refractivity contribution in [2.75, 3.05) is 18.7 Å². The van der Waals surface area contributed by atoms with Crippen molar-refractivity contribution in [2.24, 2.45) is 0 Å². The lowest BCUT2D eigenvalue weighted by Crippen LogP contribution is -2.15. The van der Waals surface area contributed by atoms with E-state index in [1.807, 2.05) is 30.0 Å². The highest BCUT2D eigenvalue weighted by Gasteiger charge is 2.21. The molecule has 0 aromatic heterocycles. The zero-order valence-electron chi connectivity index (χ0n) is 11.0. The van der Waals surface area contributed by atoms with Crippen molar-refractivity contribution in [3.63, 3.8) is 0 Å². The van der Waals surface area contributed by atoms with Crippen molar-refractivity contribution in [1.82, 2.24) is 0 Å². The predicted molar refractivity (Wildman–Crippen MR) is 80.8 cm³/mol. The summed E-state index contributed by atoms with van der Waals surface area (Å²) in [5, 5.41) is 4.09. The molecular weight excluding hydrogens is 270 g/mol. The summed E-state index contributed by atoms with van der Waals surface area (Å²) < 4.78 is 10.7. The summed E-state index contributed by atoms with van der Waals surface area (Å²) in [7, 11) is 0. The lowest BCUT2D eigenvalue weighted by atomic mass is 10.1. The number of anilines is 1. The van der Waals surface area contributed by atoms with Gasteiger partial charge in [0, 0.05) is 28.4 Å². The normalized spacial score (nSPS) is 18.9. The molecule has 2 aliphatic heterocycles. The maximum atomic E-state index is 5.39. The number of rotatable bonds is 3. The van der Waals surface area contributed by atoms with Gasteiger partial charge in [-0.2, -0.15) is 0 Å². The van der Waals surface area contributed by atoms with Crippen molar-refractivity contribution >= 4 is 17.4 Å². The smallest absolute Gasteiger partial charge is 0.231 e. The first-order chi connectivity index (χ1) is 9.88. The molecule has 1 atom stereocenters. The Morgan fingerprint density at radius 3 is 2.95 bits per heavy atom. The maximum absolute atomic E-state index is 5.39. The summed E-state index contributed by atoms with van der Waals surface area (Å²) in [6.07, 6.45) is 1.14. The molecule has 2 aliphatic rings. The molecule has 0 fully saturated rings. The van der Waals surface area contributed by atoms with E-state index in [0.29, 0.717) is 12.0 Å². The maximum Gasteiger partial charge on any atom is 0.231 e. The Bertz CT molecular complexity index is 619. The van der Waals surface area contributed by atoms with Crippen LogP contribution in [0.25, 0.3) is 0 Å². The number of hydrogen-bond acceptors (Lipinski definition) is 4. The molecule has 0 spiro atoms. The van der Waals surface area contributed by atoms with Crippen molar-refractivity contribution in [3.05, 3.63) is 48.0 Å². The van der Waals surface area contributed by atoms with Crippen molar-refractivity contribution < 1.29 is 9.47 Å². The molecule has 0 radical (unpaired) electrons. The van der Waals surface area contributed by atoms with E-state index in [2.05, 4.69) is 29.6 Å². The fourth-order valence-electron chi connectivity index (χ4n) is 2.61. The van der Waals surface area contributed by atoms with Crippen LogP contribution < -0.4 is 14.8 Å². The van der Waals surface area contributed by atoms with Gasteiger partial charge in [-0.25, -0.2) is 0 Å². The van der Waals surface area contributed by atoms with E-state index >= 15 is 0 Å². The van der Waals surface area contributed by atoms with Gasteiger partial charge < -0.3 is 14.8 Å². The number of fused-ring (bicyclic) bond motifs is 2. The number of nitrogens with one attached hydrogen (secondary N) is 1. The molecule has 1 N–H and O–H groups in total. The van der Waals surface area contributed by atoms with Gasteiger partial charge in [0.1, 0.15) is 0 Å². The van der Waals surface area contributed by atoms with Crippen LogP contribution in [0.15, 0.2) is 47.4 Å². The van der Waals surface area contributed by atoms with Crippen LogP contribution in [-0.4, -0.2) is 18.6 Å². The third-order valence-corrected chi connectivity index (χ3v) is 4.94. The average Bonchev–Trinajstić information content (AvgIpc) is 3.10. The zero-order chi connectivity index (χ0) is 13.4. The SMILES string of the molecule is c1ccc2c(c1)CC(CNc1ccc3c(c1)OCO3)S2. The van der Waals surface area contributed by atoms with Crippen LogP contribution in [0.3, 0.4) is 0 Å². The van der Waals surface area contributed by atoms with Crippen molar-refractivity contribution in [1.29, 1.82) is 0 Å². The third kappa shape index (κ3) is 2.20. The van der Waals surface area contributed by atoms with E-state index in [-0.39, 0.29) is 0 Å². The molecule has 0 amide bonds. The highest BCUT2D eigenvalue weighted by Crippen LogP contribution is 2.37. The Morgan fingerprint density at radius 2 is 2.00 bits per heavy atom. The molecule has 1 unspecified atom stereocenters. The van der Waals surface area contributed by atoms with Gasteiger partial charge in [-0.05, 0) is 30.2 Å². The molecule has 102 valence electrons. The van der Waals surface area contributed by atoms with Crippen LogP contribution in [0.5, 0.6) is 11.5 Å². The molecule has 2 heterocycles. The van der Waals surface area contributed by atoms with E-state index in [0.717, 1.165) is 30.2 Å². The monoisotopic (exact) mass is 285 g/mol. The highest BCUT2D eigenvalue weighted by atomic mass is 32.2. The van der Waals surface area contributed by atoms with Gasteiger partial charge in [0.15, 0.2) is 11.5 Å². The number of benzene rings is 2. The minimum atomic E-state index is 0.326. The van der Waals surface area contributed by atoms with Gasteiger partial charge in [-0.15, -0.1) is 11.8 Å². The summed E-state index contributed by atoms with van der Waals surface area (Å²) in [6.45, 7) is 1.28. The lowest BCUT2D eigenvalue weighted by molar-refractivity contribution is 0.174. The first-order valence-corrected chi connectivity index (χ1v) is 7.64. The van der Waals surface area contributed by atoms with Gasteiger partial charge >= 0.3 is 0 Å². The first kappa shape index (κ1) is 12.0. The number of thioether (sulfide) groups is 1. The summed E-state index contributed by atoms with van der Waals surface area (Å²) in [6, 6.07) is 14.7. The third-order valence-electron chi connectivity index (χ3n) is 3.62. The topological polar surface area (TPSA) is 30.5 Å². The molecule has 3 nitrogen and oxygen atoms in total. The van der Waals surface area contributed by atoms with Crippen LogP contribution in [0, 0.1) is 0 Å².